The van der Waals surface area contributed by atoms with Crippen LogP contribution in [0, 0.1) is 5.41 Å². The monoisotopic (exact) mass is 128 g/mol. The first-order chi connectivity index (χ1) is 4.06. The molecule has 1 heteroatoms. The van der Waals surface area contributed by atoms with Crippen LogP contribution >= 0.6 is 0 Å². The second-order valence-electron chi connectivity index (χ2n) is 3.42. The van der Waals surface area contributed by atoms with Crippen LogP contribution in [0.2, 0.25) is 0 Å². The third-order valence-corrected chi connectivity index (χ3v) is 1.00. The lowest BCUT2D eigenvalue weighted by molar-refractivity contribution is 0.341. The molecular formula is C8H16O. The number of aliphatic hydroxyl groups is 1. The number of aliphatic hydroxyl groups excluding tert-OH is 1. The summed E-state index contributed by atoms with van der Waals surface area (Å²) in [5.41, 5.74) is 0.353. The van der Waals surface area contributed by atoms with Crippen molar-refractivity contribution in [2.75, 3.05) is 6.61 Å². The number of hydrogen-bond acceptors (Lipinski definition) is 1. The fourth-order valence-corrected chi connectivity index (χ4v) is 0.511. The van der Waals surface area contributed by atoms with E-state index in [9.17, 15) is 0 Å². The molecule has 0 unspecified atom stereocenters. The van der Waals surface area contributed by atoms with E-state index in [2.05, 4.69) is 20.8 Å². The fraction of sp³-hybridized carbons (Fsp3) is 0.750. The molecule has 54 valence electrons. The van der Waals surface area contributed by atoms with E-state index in [1.54, 1.807) is 6.08 Å². The highest BCUT2D eigenvalue weighted by Gasteiger charge is 2.05. The van der Waals surface area contributed by atoms with Crippen LogP contribution in [0.4, 0.5) is 0 Å². The van der Waals surface area contributed by atoms with E-state index < -0.39 is 0 Å². The van der Waals surface area contributed by atoms with Gasteiger partial charge in [-0.15, -0.1) is 0 Å². The molecule has 0 aliphatic heterocycles. The first kappa shape index (κ1) is 8.70. The SMILES string of the molecule is CC(C)(C)C/C=C\CO. The summed E-state index contributed by atoms with van der Waals surface area (Å²) in [7, 11) is 0. The Morgan fingerprint density at radius 3 is 2.11 bits per heavy atom. The zero-order valence-corrected chi connectivity index (χ0v) is 6.52. The molecule has 0 bridgehead atoms. The van der Waals surface area contributed by atoms with Crippen molar-refractivity contribution in [2.45, 2.75) is 27.2 Å². The molecule has 0 saturated heterocycles. The molecule has 1 N–H and O–H groups in total. The Labute approximate surface area is 57.4 Å². The van der Waals surface area contributed by atoms with Crippen molar-refractivity contribution < 1.29 is 5.11 Å². The largest absolute Gasteiger partial charge is 0.392 e. The van der Waals surface area contributed by atoms with Gasteiger partial charge in [-0.2, -0.15) is 0 Å². The van der Waals surface area contributed by atoms with E-state index in [-0.39, 0.29) is 6.61 Å². The molecule has 0 saturated carbocycles. The van der Waals surface area contributed by atoms with E-state index in [1.807, 2.05) is 6.08 Å². The maximum atomic E-state index is 8.38. The van der Waals surface area contributed by atoms with Crippen LogP contribution in [0.1, 0.15) is 27.2 Å². The van der Waals surface area contributed by atoms with Crippen molar-refractivity contribution in [1.82, 2.24) is 0 Å². The quantitative estimate of drug-likeness (QED) is 0.564. The van der Waals surface area contributed by atoms with Crippen LogP contribution in [0.25, 0.3) is 0 Å². The molecule has 0 aromatic rings. The first-order valence-electron chi connectivity index (χ1n) is 3.32. The van der Waals surface area contributed by atoms with Crippen molar-refractivity contribution in [3.63, 3.8) is 0 Å². The number of rotatable bonds is 2. The summed E-state index contributed by atoms with van der Waals surface area (Å²) in [6.07, 6.45) is 4.83. The average molecular weight is 128 g/mol. The summed E-state index contributed by atoms with van der Waals surface area (Å²) in [5.74, 6) is 0. The van der Waals surface area contributed by atoms with E-state index in [4.69, 9.17) is 5.11 Å². The zero-order valence-electron chi connectivity index (χ0n) is 6.52. The molecule has 0 spiro atoms. The predicted molar refractivity (Wildman–Crippen MR) is 40.3 cm³/mol. The molecule has 0 radical (unpaired) electrons. The molecule has 0 aliphatic rings. The maximum Gasteiger partial charge on any atom is 0.0612 e. The van der Waals surface area contributed by atoms with E-state index in [0.717, 1.165) is 6.42 Å². The van der Waals surface area contributed by atoms with Gasteiger partial charge in [-0.25, -0.2) is 0 Å². The Hall–Kier alpha value is -0.300. The van der Waals surface area contributed by atoms with Gasteiger partial charge in [0, 0.05) is 0 Å². The van der Waals surface area contributed by atoms with Crippen LogP contribution in [-0.4, -0.2) is 11.7 Å². The summed E-state index contributed by atoms with van der Waals surface area (Å²) in [5, 5.41) is 8.38. The molecule has 0 atom stereocenters. The third kappa shape index (κ3) is 7.70. The molecule has 0 aromatic carbocycles. The van der Waals surface area contributed by atoms with Crippen molar-refractivity contribution in [2.24, 2.45) is 5.41 Å². The van der Waals surface area contributed by atoms with Crippen LogP contribution in [-0.2, 0) is 0 Å². The van der Waals surface area contributed by atoms with Crippen molar-refractivity contribution in [3.8, 4) is 0 Å². The summed E-state index contributed by atoms with van der Waals surface area (Å²) in [6.45, 7) is 6.69. The van der Waals surface area contributed by atoms with Gasteiger partial charge in [0.25, 0.3) is 0 Å². The Bertz CT molecular complexity index is 87.2. The van der Waals surface area contributed by atoms with Gasteiger partial charge in [-0.05, 0) is 11.8 Å². The summed E-state index contributed by atoms with van der Waals surface area (Å²) >= 11 is 0. The number of allylic oxidation sites excluding steroid dienone is 1. The first-order valence-corrected chi connectivity index (χ1v) is 3.32. The van der Waals surface area contributed by atoms with Crippen LogP contribution < -0.4 is 0 Å². The topological polar surface area (TPSA) is 20.2 Å². The van der Waals surface area contributed by atoms with Crippen molar-refractivity contribution in [3.05, 3.63) is 12.2 Å². The average Bonchev–Trinajstić information content (AvgIpc) is 1.63. The molecule has 0 heterocycles. The maximum absolute atomic E-state index is 8.38. The third-order valence-electron chi connectivity index (χ3n) is 1.00. The molecule has 9 heavy (non-hydrogen) atoms. The minimum Gasteiger partial charge on any atom is -0.392 e. The van der Waals surface area contributed by atoms with Crippen molar-refractivity contribution in [1.29, 1.82) is 0 Å². The Morgan fingerprint density at radius 2 is 1.78 bits per heavy atom. The van der Waals surface area contributed by atoms with E-state index >= 15 is 0 Å². The normalized spacial score (nSPS) is 12.9. The predicted octanol–water partition coefficient (Wildman–Crippen LogP) is 1.97. The molecule has 1 nitrogen and oxygen atoms in total. The Morgan fingerprint density at radius 1 is 1.22 bits per heavy atom. The highest BCUT2D eigenvalue weighted by molar-refractivity contribution is 4.84. The van der Waals surface area contributed by atoms with Gasteiger partial charge >= 0.3 is 0 Å². The van der Waals surface area contributed by atoms with Crippen LogP contribution in [0.15, 0.2) is 12.2 Å². The lowest BCUT2D eigenvalue weighted by atomic mass is 9.92. The molecule has 0 fully saturated rings. The summed E-state index contributed by atoms with van der Waals surface area (Å²) in [6, 6.07) is 0. The van der Waals surface area contributed by atoms with Gasteiger partial charge in [-0.1, -0.05) is 32.9 Å². The van der Waals surface area contributed by atoms with Gasteiger partial charge in [0.2, 0.25) is 0 Å². The Balaban J connectivity index is 3.38. The minimum absolute atomic E-state index is 0.163. The van der Waals surface area contributed by atoms with Gasteiger partial charge in [-0.3, -0.25) is 0 Å². The summed E-state index contributed by atoms with van der Waals surface area (Å²) < 4.78 is 0. The second-order valence-corrected chi connectivity index (χ2v) is 3.42. The van der Waals surface area contributed by atoms with Gasteiger partial charge in [0.15, 0.2) is 0 Å². The lowest BCUT2D eigenvalue weighted by Crippen LogP contribution is -2.01. The summed E-state index contributed by atoms with van der Waals surface area (Å²) in [4.78, 5) is 0. The highest BCUT2D eigenvalue weighted by atomic mass is 16.2. The molecular weight excluding hydrogens is 112 g/mol. The van der Waals surface area contributed by atoms with E-state index in [0.29, 0.717) is 5.41 Å². The van der Waals surface area contributed by atoms with Gasteiger partial charge in [0.05, 0.1) is 6.61 Å². The van der Waals surface area contributed by atoms with E-state index in [1.165, 1.54) is 0 Å². The Kier molecular flexibility index (Phi) is 3.55. The van der Waals surface area contributed by atoms with Gasteiger partial charge in [0.1, 0.15) is 0 Å². The minimum atomic E-state index is 0.163. The zero-order chi connectivity index (χ0) is 7.33. The molecule has 0 rings (SSSR count). The molecule has 0 aromatic heterocycles. The van der Waals surface area contributed by atoms with Crippen LogP contribution in [0.3, 0.4) is 0 Å². The molecule has 0 aliphatic carbocycles. The second kappa shape index (κ2) is 3.67. The molecule has 0 amide bonds. The smallest absolute Gasteiger partial charge is 0.0612 e. The standard InChI is InChI=1S/C8H16O/c1-8(2,3)6-4-5-7-9/h4-5,9H,6-7H2,1-3H3/b5-4-. The lowest BCUT2D eigenvalue weighted by Gasteiger charge is -2.14. The van der Waals surface area contributed by atoms with Crippen molar-refractivity contribution >= 4 is 0 Å². The number of hydrogen-bond donors (Lipinski definition) is 1. The van der Waals surface area contributed by atoms with Crippen LogP contribution in [0.5, 0.6) is 0 Å². The van der Waals surface area contributed by atoms with Gasteiger partial charge < -0.3 is 5.11 Å². The highest BCUT2D eigenvalue weighted by Crippen LogP contribution is 2.18. The fourth-order valence-electron chi connectivity index (χ4n) is 0.511.